The third-order valence-electron chi connectivity index (χ3n) is 4.52. The Morgan fingerprint density at radius 1 is 1.19 bits per heavy atom. The molecule has 0 fully saturated rings. The number of hydrogen-bond donors (Lipinski definition) is 2. The van der Waals surface area contributed by atoms with Gasteiger partial charge >= 0.3 is 0 Å². The van der Waals surface area contributed by atoms with Crippen molar-refractivity contribution in [3.63, 3.8) is 0 Å². The number of rotatable bonds is 8. The number of phenols is 1. The Labute approximate surface area is 194 Å². The highest BCUT2D eigenvalue weighted by molar-refractivity contribution is 8.00. The number of carbonyl (C=O) groups excluding carboxylic acids is 1. The van der Waals surface area contributed by atoms with Crippen LogP contribution in [0, 0.1) is 0 Å². The molecule has 2 N–H and O–H groups in total. The molecule has 1 heterocycles. The van der Waals surface area contributed by atoms with Crippen LogP contribution in [0.3, 0.4) is 0 Å². The third kappa shape index (κ3) is 5.46. The average molecular weight is 464 g/mol. The molecule has 4 aromatic rings. The molecule has 0 aliphatic heterocycles. The predicted octanol–water partition coefficient (Wildman–Crippen LogP) is 5.46. The van der Waals surface area contributed by atoms with Crippen molar-refractivity contribution in [1.82, 2.24) is 10.4 Å². The van der Waals surface area contributed by atoms with Gasteiger partial charge in [0, 0.05) is 11.3 Å². The summed E-state index contributed by atoms with van der Waals surface area (Å²) in [7, 11) is 0. The first kappa shape index (κ1) is 21.9. The minimum atomic E-state index is -0.296. The maximum atomic E-state index is 12.3. The number of hydrogen-bond acceptors (Lipinski definition) is 7. The van der Waals surface area contributed by atoms with Crippen molar-refractivity contribution in [2.75, 3.05) is 6.61 Å². The molecule has 1 amide bonds. The number of carbonyl (C=O) groups is 1. The second-order valence-corrected chi connectivity index (χ2v) is 9.05. The quantitative estimate of drug-likeness (QED) is 0.206. The molecule has 0 bridgehead atoms. The number of thioether (sulfide) groups is 1. The average Bonchev–Trinajstić information content (AvgIpc) is 3.23. The topological polar surface area (TPSA) is 83.8 Å². The number of ether oxygens (including phenoxy) is 1. The minimum absolute atomic E-state index is 0.0643. The number of nitrogens with one attached hydrogen (secondary N) is 1. The Morgan fingerprint density at radius 3 is 2.78 bits per heavy atom. The smallest absolute Gasteiger partial charge is 0.271 e. The monoisotopic (exact) mass is 463 g/mol. The van der Waals surface area contributed by atoms with E-state index in [4.69, 9.17) is 4.74 Å². The summed E-state index contributed by atoms with van der Waals surface area (Å²) in [5.74, 6) is 0.926. The summed E-state index contributed by atoms with van der Waals surface area (Å²) >= 11 is 3.37. The molecule has 0 spiro atoms. The lowest BCUT2D eigenvalue weighted by atomic mass is 10.1. The summed E-state index contributed by atoms with van der Waals surface area (Å²) in [5.41, 5.74) is 5.88. The zero-order valence-corrected chi connectivity index (χ0v) is 19.0. The molecule has 32 heavy (non-hydrogen) atoms. The Balaban J connectivity index is 1.31. The van der Waals surface area contributed by atoms with Crippen LogP contribution < -0.4 is 10.2 Å². The largest absolute Gasteiger partial charge is 0.504 e. The first-order valence-corrected chi connectivity index (χ1v) is 11.8. The van der Waals surface area contributed by atoms with Gasteiger partial charge in [-0.25, -0.2) is 10.4 Å². The van der Waals surface area contributed by atoms with Crippen molar-refractivity contribution in [3.05, 3.63) is 83.4 Å². The van der Waals surface area contributed by atoms with Crippen LogP contribution in [0.4, 0.5) is 0 Å². The number of thiazole rings is 1. The van der Waals surface area contributed by atoms with Crippen molar-refractivity contribution in [2.45, 2.75) is 17.0 Å². The number of phenolic OH excluding ortho intramolecular Hbond substituents is 1. The molecule has 1 aromatic heterocycles. The van der Waals surface area contributed by atoms with Crippen LogP contribution in [0.5, 0.6) is 11.5 Å². The van der Waals surface area contributed by atoms with Crippen LogP contribution in [-0.2, 0) is 5.75 Å². The zero-order chi connectivity index (χ0) is 22.3. The molecule has 0 atom stereocenters. The summed E-state index contributed by atoms with van der Waals surface area (Å²) in [4.78, 5) is 17.0. The van der Waals surface area contributed by atoms with Gasteiger partial charge < -0.3 is 9.84 Å². The normalized spacial score (nSPS) is 11.2. The molecule has 0 aliphatic carbocycles. The molecule has 0 saturated heterocycles. The number of nitrogens with zero attached hydrogens (tertiary/aromatic N) is 2. The summed E-state index contributed by atoms with van der Waals surface area (Å²) in [6, 6.07) is 20.4. The Morgan fingerprint density at radius 2 is 2.00 bits per heavy atom. The fourth-order valence-corrected chi connectivity index (χ4v) is 4.95. The molecule has 6 nitrogen and oxygen atoms in total. The lowest BCUT2D eigenvalue weighted by Gasteiger charge is -2.06. The molecule has 162 valence electrons. The van der Waals surface area contributed by atoms with E-state index in [1.165, 1.54) is 17.0 Å². The van der Waals surface area contributed by atoms with Gasteiger partial charge in [-0.05, 0) is 60.5 Å². The van der Waals surface area contributed by atoms with Gasteiger partial charge in [-0.2, -0.15) is 5.10 Å². The first-order valence-electron chi connectivity index (χ1n) is 9.99. The standard InChI is InChI=1S/C24H21N3O3S2/c1-2-30-21-13-17(9-12-20(21)28)14-25-27-23(29)18-10-7-16(8-11-18)15-31-24-26-19-5-3-4-6-22(19)32-24/h3-14,28H,2,15H2,1H3,(H,27,29)/b25-14+. The van der Waals surface area contributed by atoms with Crippen LogP contribution in [0.2, 0.25) is 0 Å². The van der Waals surface area contributed by atoms with Crippen molar-refractivity contribution in [1.29, 1.82) is 0 Å². The van der Waals surface area contributed by atoms with Gasteiger partial charge in [-0.15, -0.1) is 11.3 Å². The van der Waals surface area contributed by atoms with Crippen molar-refractivity contribution >= 4 is 45.4 Å². The van der Waals surface area contributed by atoms with Crippen LogP contribution in [0.1, 0.15) is 28.4 Å². The SMILES string of the molecule is CCOc1cc(/C=N/NC(=O)c2ccc(CSc3nc4ccccc4s3)cc2)ccc1O. The second kappa shape index (κ2) is 10.3. The number of benzene rings is 3. The molecule has 0 unspecified atom stereocenters. The van der Waals surface area contributed by atoms with Crippen molar-refractivity contribution in [2.24, 2.45) is 5.10 Å². The number of para-hydroxylation sites is 1. The molecule has 3 aromatic carbocycles. The Kier molecular flexibility index (Phi) is 7.03. The predicted molar refractivity (Wildman–Crippen MR) is 130 cm³/mol. The number of amides is 1. The highest BCUT2D eigenvalue weighted by Crippen LogP contribution is 2.31. The van der Waals surface area contributed by atoms with Gasteiger partial charge in [-0.1, -0.05) is 36.0 Å². The third-order valence-corrected chi connectivity index (χ3v) is 6.77. The van der Waals surface area contributed by atoms with Crippen LogP contribution in [0.25, 0.3) is 10.2 Å². The molecule has 0 aliphatic rings. The van der Waals surface area contributed by atoms with Crippen LogP contribution in [-0.4, -0.2) is 28.8 Å². The molecule has 4 rings (SSSR count). The van der Waals surface area contributed by atoms with Gasteiger partial charge in [0.25, 0.3) is 5.91 Å². The lowest BCUT2D eigenvalue weighted by Crippen LogP contribution is -2.17. The summed E-state index contributed by atoms with van der Waals surface area (Å²) < 4.78 is 7.56. The number of hydrazone groups is 1. The maximum absolute atomic E-state index is 12.3. The van der Waals surface area contributed by atoms with E-state index in [0.29, 0.717) is 23.5 Å². The summed E-state index contributed by atoms with van der Waals surface area (Å²) in [5, 5.41) is 13.7. The lowest BCUT2D eigenvalue weighted by molar-refractivity contribution is 0.0955. The van der Waals surface area contributed by atoms with E-state index in [9.17, 15) is 9.90 Å². The molecule has 0 saturated carbocycles. The molecule has 0 radical (unpaired) electrons. The van der Waals surface area contributed by atoms with E-state index < -0.39 is 0 Å². The number of aromatic hydroxyl groups is 1. The second-order valence-electron chi connectivity index (χ2n) is 6.79. The van der Waals surface area contributed by atoms with Gasteiger partial charge in [0.1, 0.15) is 0 Å². The molecular weight excluding hydrogens is 442 g/mol. The van der Waals surface area contributed by atoms with E-state index in [2.05, 4.69) is 21.6 Å². The Hall–Kier alpha value is -3.36. The fraction of sp³-hybridized carbons (Fsp3) is 0.125. The molecular formula is C24H21N3O3S2. The minimum Gasteiger partial charge on any atom is -0.504 e. The van der Waals surface area contributed by atoms with E-state index >= 15 is 0 Å². The molecule has 8 heteroatoms. The Bertz CT molecular complexity index is 1220. The summed E-state index contributed by atoms with van der Waals surface area (Å²) in [6.45, 7) is 2.28. The van der Waals surface area contributed by atoms with E-state index in [0.717, 1.165) is 21.2 Å². The first-order chi connectivity index (χ1) is 15.6. The van der Waals surface area contributed by atoms with Gasteiger partial charge in [0.15, 0.2) is 15.8 Å². The van der Waals surface area contributed by atoms with Crippen LogP contribution in [0.15, 0.2) is 76.2 Å². The van der Waals surface area contributed by atoms with E-state index in [1.54, 1.807) is 47.4 Å². The maximum Gasteiger partial charge on any atom is 0.271 e. The summed E-state index contributed by atoms with van der Waals surface area (Å²) in [6.07, 6.45) is 1.50. The number of fused-ring (bicyclic) bond motifs is 1. The van der Waals surface area contributed by atoms with E-state index in [-0.39, 0.29) is 11.7 Å². The zero-order valence-electron chi connectivity index (χ0n) is 17.3. The van der Waals surface area contributed by atoms with Crippen molar-refractivity contribution < 1.29 is 14.6 Å². The van der Waals surface area contributed by atoms with Gasteiger partial charge in [0.05, 0.1) is 23.0 Å². The highest BCUT2D eigenvalue weighted by atomic mass is 32.2. The fourth-order valence-electron chi connectivity index (χ4n) is 2.92. The van der Waals surface area contributed by atoms with Crippen LogP contribution >= 0.6 is 23.1 Å². The number of aromatic nitrogens is 1. The van der Waals surface area contributed by atoms with E-state index in [1.807, 2.05) is 37.3 Å². The van der Waals surface area contributed by atoms with Gasteiger partial charge in [-0.3, -0.25) is 4.79 Å². The van der Waals surface area contributed by atoms with Gasteiger partial charge in [0.2, 0.25) is 0 Å². The van der Waals surface area contributed by atoms with Crippen molar-refractivity contribution in [3.8, 4) is 11.5 Å². The highest BCUT2D eigenvalue weighted by Gasteiger charge is 2.07.